The van der Waals surface area contributed by atoms with Crippen LogP contribution in [0.5, 0.6) is 5.75 Å². The Labute approximate surface area is 198 Å². The van der Waals surface area contributed by atoms with E-state index in [-0.39, 0.29) is 17.7 Å². The molecular formula is C27H26N4O3. The maximum Gasteiger partial charge on any atom is 0.259 e. The first-order chi connectivity index (χ1) is 16.5. The van der Waals surface area contributed by atoms with Gasteiger partial charge in [-0.1, -0.05) is 44.2 Å². The molecule has 0 spiro atoms. The van der Waals surface area contributed by atoms with Crippen LogP contribution in [-0.2, 0) is 4.79 Å². The minimum Gasteiger partial charge on any atom is -0.496 e. The third-order valence-electron chi connectivity index (χ3n) is 5.28. The second-order valence-corrected chi connectivity index (χ2v) is 8.05. The molecule has 0 atom stereocenters. The minimum absolute atomic E-state index is 0.0634. The normalized spacial score (nSPS) is 10.7. The standard InChI is InChI=1S/C27H26N4O3/c1-18(2)26(32)28-19-13-15-20(16-14-19)29-27(33)23-17-31(21-9-5-4-6-10-21)30-25(23)22-11-7-8-12-24(22)34-3/h4-18H,1-3H3,(H,28,32)(H,29,33). The van der Waals surface area contributed by atoms with Crippen LogP contribution in [0.4, 0.5) is 11.4 Å². The molecule has 7 heteroatoms. The number of anilines is 2. The van der Waals surface area contributed by atoms with Crippen LogP contribution >= 0.6 is 0 Å². The van der Waals surface area contributed by atoms with E-state index in [0.717, 1.165) is 11.3 Å². The summed E-state index contributed by atoms with van der Waals surface area (Å²) in [5.41, 5.74) is 3.75. The lowest BCUT2D eigenvalue weighted by Crippen LogP contribution is -2.17. The molecule has 3 aromatic carbocycles. The van der Waals surface area contributed by atoms with Crippen LogP contribution in [0.1, 0.15) is 24.2 Å². The van der Waals surface area contributed by atoms with Crippen LogP contribution in [0, 0.1) is 5.92 Å². The summed E-state index contributed by atoms with van der Waals surface area (Å²) in [4.78, 5) is 25.2. The third-order valence-corrected chi connectivity index (χ3v) is 5.28. The van der Waals surface area contributed by atoms with E-state index in [1.165, 1.54) is 0 Å². The molecule has 0 aliphatic carbocycles. The monoisotopic (exact) mass is 454 g/mol. The lowest BCUT2D eigenvalue weighted by Gasteiger charge is -2.10. The molecule has 4 aromatic rings. The van der Waals surface area contributed by atoms with Gasteiger partial charge in [-0.3, -0.25) is 9.59 Å². The molecule has 0 aliphatic rings. The average molecular weight is 455 g/mol. The number of amides is 2. The Hall–Kier alpha value is -4.39. The van der Waals surface area contributed by atoms with E-state index >= 15 is 0 Å². The number of carbonyl (C=O) groups is 2. The van der Waals surface area contributed by atoms with Crippen LogP contribution < -0.4 is 15.4 Å². The van der Waals surface area contributed by atoms with Gasteiger partial charge in [0.05, 0.1) is 18.4 Å². The van der Waals surface area contributed by atoms with Crippen LogP contribution in [0.15, 0.2) is 85.1 Å². The summed E-state index contributed by atoms with van der Waals surface area (Å²) in [6, 6.07) is 24.1. The number of nitrogens with one attached hydrogen (secondary N) is 2. The van der Waals surface area contributed by atoms with Crippen molar-refractivity contribution in [2.45, 2.75) is 13.8 Å². The van der Waals surface area contributed by atoms with Crippen LogP contribution in [0.25, 0.3) is 16.9 Å². The van der Waals surface area contributed by atoms with Crippen molar-refractivity contribution in [1.82, 2.24) is 9.78 Å². The van der Waals surface area contributed by atoms with E-state index in [0.29, 0.717) is 28.4 Å². The van der Waals surface area contributed by atoms with Crippen LogP contribution in [0.3, 0.4) is 0 Å². The van der Waals surface area contributed by atoms with Gasteiger partial charge in [0.1, 0.15) is 11.4 Å². The molecule has 7 nitrogen and oxygen atoms in total. The van der Waals surface area contributed by atoms with Crippen LogP contribution in [-0.4, -0.2) is 28.7 Å². The first-order valence-corrected chi connectivity index (χ1v) is 11.0. The van der Waals surface area contributed by atoms with Gasteiger partial charge in [-0.15, -0.1) is 0 Å². The van der Waals surface area contributed by atoms with Gasteiger partial charge in [-0.2, -0.15) is 5.10 Å². The largest absolute Gasteiger partial charge is 0.496 e. The van der Waals surface area contributed by atoms with Crippen LogP contribution in [0.2, 0.25) is 0 Å². The summed E-state index contributed by atoms with van der Waals surface area (Å²) >= 11 is 0. The second-order valence-electron chi connectivity index (χ2n) is 8.05. The molecule has 0 radical (unpaired) electrons. The fourth-order valence-corrected chi connectivity index (χ4v) is 3.41. The van der Waals surface area contributed by atoms with Crippen molar-refractivity contribution >= 4 is 23.2 Å². The Bertz CT molecular complexity index is 1300. The number of carbonyl (C=O) groups excluding carboxylic acids is 2. The molecule has 2 N–H and O–H groups in total. The lowest BCUT2D eigenvalue weighted by molar-refractivity contribution is -0.118. The van der Waals surface area contributed by atoms with E-state index in [1.807, 2.05) is 68.4 Å². The number of rotatable bonds is 7. The van der Waals surface area contributed by atoms with E-state index < -0.39 is 0 Å². The number of hydrogen-bond acceptors (Lipinski definition) is 4. The zero-order chi connectivity index (χ0) is 24.1. The molecule has 34 heavy (non-hydrogen) atoms. The molecule has 0 aliphatic heterocycles. The molecule has 0 saturated heterocycles. The van der Waals surface area contributed by atoms with Gasteiger partial charge in [0.25, 0.3) is 5.91 Å². The third kappa shape index (κ3) is 4.99. The SMILES string of the molecule is COc1ccccc1-c1nn(-c2ccccc2)cc1C(=O)Nc1ccc(NC(=O)C(C)C)cc1. The van der Waals surface area contributed by atoms with Gasteiger partial charge in [-0.05, 0) is 48.5 Å². The summed E-state index contributed by atoms with van der Waals surface area (Å²) in [6.45, 7) is 3.66. The predicted octanol–water partition coefficient (Wildman–Crippen LogP) is 5.39. The maximum atomic E-state index is 13.3. The van der Waals surface area contributed by atoms with Gasteiger partial charge < -0.3 is 15.4 Å². The molecule has 0 fully saturated rings. The highest BCUT2D eigenvalue weighted by Crippen LogP contribution is 2.32. The molecule has 1 aromatic heterocycles. The Kier molecular flexibility index (Phi) is 6.73. The molecular weight excluding hydrogens is 428 g/mol. The molecule has 1 heterocycles. The van der Waals surface area contributed by atoms with Gasteiger partial charge in [0, 0.05) is 29.1 Å². The summed E-state index contributed by atoms with van der Waals surface area (Å²) < 4.78 is 7.20. The summed E-state index contributed by atoms with van der Waals surface area (Å²) in [6.07, 6.45) is 1.71. The predicted molar refractivity (Wildman–Crippen MR) is 133 cm³/mol. The quantitative estimate of drug-likeness (QED) is 0.392. The second kappa shape index (κ2) is 10.0. The van der Waals surface area contributed by atoms with E-state index in [4.69, 9.17) is 9.84 Å². The smallest absolute Gasteiger partial charge is 0.259 e. The summed E-state index contributed by atoms with van der Waals surface area (Å²) in [7, 11) is 1.59. The van der Waals surface area contributed by atoms with E-state index in [2.05, 4.69) is 10.6 Å². The van der Waals surface area contributed by atoms with E-state index in [9.17, 15) is 9.59 Å². The Morgan fingerprint density at radius 2 is 1.47 bits per heavy atom. The molecule has 0 unspecified atom stereocenters. The van der Waals surface area contributed by atoms with Crippen molar-refractivity contribution in [3.05, 3.63) is 90.6 Å². The Morgan fingerprint density at radius 3 is 2.12 bits per heavy atom. The Balaban J connectivity index is 1.65. The number of nitrogens with zero attached hydrogens (tertiary/aromatic N) is 2. The van der Waals surface area contributed by atoms with Crippen molar-refractivity contribution < 1.29 is 14.3 Å². The molecule has 4 rings (SSSR count). The van der Waals surface area contributed by atoms with Crippen molar-refractivity contribution in [3.8, 4) is 22.7 Å². The zero-order valence-corrected chi connectivity index (χ0v) is 19.3. The number of ether oxygens (including phenoxy) is 1. The van der Waals surface area contributed by atoms with Gasteiger partial charge in [0.15, 0.2) is 0 Å². The average Bonchev–Trinajstić information content (AvgIpc) is 3.31. The van der Waals surface area contributed by atoms with Crippen molar-refractivity contribution in [2.75, 3.05) is 17.7 Å². The number of aromatic nitrogens is 2. The molecule has 0 bridgehead atoms. The fourth-order valence-electron chi connectivity index (χ4n) is 3.41. The lowest BCUT2D eigenvalue weighted by atomic mass is 10.1. The number of benzene rings is 3. The number of methoxy groups -OCH3 is 1. The van der Waals surface area contributed by atoms with E-state index in [1.54, 1.807) is 42.3 Å². The van der Waals surface area contributed by atoms with Crippen molar-refractivity contribution in [1.29, 1.82) is 0 Å². The highest BCUT2D eigenvalue weighted by molar-refractivity contribution is 6.08. The summed E-state index contributed by atoms with van der Waals surface area (Å²) in [5, 5.41) is 10.5. The highest BCUT2D eigenvalue weighted by atomic mass is 16.5. The molecule has 0 saturated carbocycles. The fraction of sp³-hybridized carbons (Fsp3) is 0.148. The Morgan fingerprint density at radius 1 is 0.853 bits per heavy atom. The molecule has 2 amide bonds. The summed E-state index contributed by atoms with van der Waals surface area (Å²) in [5.74, 6) is 0.141. The first kappa shape index (κ1) is 22.8. The van der Waals surface area contributed by atoms with Gasteiger partial charge in [0.2, 0.25) is 5.91 Å². The molecule has 172 valence electrons. The van der Waals surface area contributed by atoms with Crippen molar-refractivity contribution in [3.63, 3.8) is 0 Å². The van der Waals surface area contributed by atoms with Gasteiger partial charge >= 0.3 is 0 Å². The zero-order valence-electron chi connectivity index (χ0n) is 19.3. The highest BCUT2D eigenvalue weighted by Gasteiger charge is 2.21. The van der Waals surface area contributed by atoms with Gasteiger partial charge in [-0.25, -0.2) is 4.68 Å². The maximum absolute atomic E-state index is 13.3. The minimum atomic E-state index is -0.304. The van der Waals surface area contributed by atoms with Crippen molar-refractivity contribution in [2.24, 2.45) is 5.92 Å². The number of para-hydroxylation sites is 2. The first-order valence-electron chi connectivity index (χ1n) is 11.0. The topological polar surface area (TPSA) is 85.2 Å². The number of hydrogen-bond donors (Lipinski definition) is 2.